The van der Waals surface area contributed by atoms with Crippen LogP contribution in [0.3, 0.4) is 0 Å². The van der Waals surface area contributed by atoms with E-state index in [-0.39, 0.29) is 24.7 Å². The quantitative estimate of drug-likeness (QED) is 0.482. The van der Waals surface area contributed by atoms with Crippen LogP contribution in [0.25, 0.3) is 0 Å². The number of amides is 1. The van der Waals surface area contributed by atoms with Gasteiger partial charge in [0.1, 0.15) is 5.75 Å². The van der Waals surface area contributed by atoms with Crippen LogP contribution in [0.5, 0.6) is 5.75 Å². The normalized spacial score (nSPS) is 17.9. The minimum absolute atomic E-state index is 0.197. The Labute approximate surface area is 231 Å². The third kappa shape index (κ3) is 8.24. The van der Waals surface area contributed by atoms with Gasteiger partial charge in [0.2, 0.25) is 10.0 Å². The molecule has 2 aliphatic rings. The van der Waals surface area contributed by atoms with Crippen molar-refractivity contribution in [2.24, 2.45) is 0 Å². The number of aryl methyl sites for hydroxylation is 1. The molecule has 0 aromatic heterocycles. The summed E-state index contributed by atoms with van der Waals surface area (Å²) in [6, 6.07) is 13.3. The molecular formula is C26H36N4O7S2. The van der Waals surface area contributed by atoms with Gasteiger partial charge in [0.25, 0.3) is 5.91 Å². The van der Waals surface area contributed by atoms with Gasteiger partial charge in [-0.05, 0) is 48.9 Å². The van der Waals surface area contributed by atoms with Crippen LogP contribution in [0.15, 0.2) is 42.5 Å². The zero-order chi connectivity index (χ0) is 28.7. The Morgan fingerprint density at radius 2 is 1.87 bits per heavy atom. The first-order chi connectivity index (χ1) is 18.4. The fourth-order valence-electron chi connectivity index (χ4n) is 5.03. The van der Waals surface area contributed by atoms with Gasteiger partial charge in [0.05, 0.1) is 24.1 Å². The molecule has 2 atom stereocenters. The molecule has 2 heterocycles. The van der Waals surface area contributed by atoms with Crippen molar-refractivity contribution in [2.75, 3.05) is 50.4 Å². The first kappa shape index (κ1) is 30.5. The van der Waals surface area contributed by atoms with Crippen molar-refractivity contribution in [1.29, 1.82) is 4.78 Å². The Morgan fingerprint density at radius 1 is 1.21 bits per heavy atom. The molecule has 2 aromatic rings. The highest BCUT2D eigenvalue weighted by Gasteiger charge is 2.31. The SMILES string of the molecule is Cc1ccc(OCC(=O)N(C)C(CN2CC[C@H](O)C2)c2ccccc2)c2c1CCCN2S(C)(=O)=O.N=S(=O)=O. The number of likely N-dealkylation sites (N-methyl/N-ethyl adjacent to an activating group) is 1. The van der Waals surface area contributed by atoms with Crippen molar-refractivity contribution in [3.8, 4) is 5.75 Å². The lowest BCUT2D eigenvalue weighted by molar-refractivity contribution is -0.134. The molecule has 4 rings (SSSR count). The van der Waals surface area contributed by atoms with Crippen LogP contribution in [0, 0.1) is 11.7 Å². The highest BCUT2D eigenvalue weighted by atomic mass is 32.2. The number of nitrogens with one attached hydrogen (secondary N) is 1. The number of aliphatic hydroxyl groups is 1. The van der Waals surface area contributed by atoms with Crippen molar-refractivity contribution in [3.05, 3.63) is 59.2 Å². The topological polar surface area (TPSA) is 148 Å². The number of hydrogen-bond acceptors (Lipinski definition) is 9. The number of hydrogen-bond donors (Lipinski definition) is 2. The van der Waals surface area contributed by atoms with Gasteiger partial charge in [-0.1, -0.05) is 36.4 Å². The lowest BCUT2D eigenvalue weighted by Gasteiger charge is -2.33. The van der Waals surface area contributed by atoms with E-state index < -0.39 is 20.5 Å². The van der Waals surface area contributed by atoms with E-state index in [4.69, 9.17) is 17.9 Å². The third-order valence-electron chi connectivity index (χ3n) is 6.99. The van der Waals surface area contributed by atoms with Gasteiger partial charge in [-0.15, -0.1) is 0 Å². The molecule has 1 fully saturated rings. The molecule has 0 bridgehead atoms. The summed E-state index contributed by atoms with van der Waals surface area (Å²) in [5, 5.41) is 9.95. The molecule has 214 valence electrons. The number of rotatable bonds is 8. The Kier molecular flexibility index (Phi) is 10.5. The van der Waals surface area contributed by atoms with Crippen molar-refractivity contribution in [2.45, 2.75) is 38.3 Å². The molecule has 0 spiro atoms. The summed E-state index contributed by atoms with van der Waals surface area (Å²) in [6.45, 7) is 4.17. The van der Waals surface area contributed by atoms with E-state index in [9.17, 15) is 18.3 Å². The molecule has 1 amide bonds. The largest absolute Gasteiger partial charge is 0.482 e. The van der Waals surface area contributed by atoms with Gasteiger partial charge in [-0.2, -0.15) is 13.2 Å². The van der Waals surface area contributed by atoms with Crippen LogP contribution in [0.1, 0.15) is 35.6 Å². The number of β-amino-alcohol motifs (C(OH)–C–C–N with tert-alkyl or cyclic N) is 1. The van der Waals surface area contributed by atoms with Gasteiger partial charge in [0, 0.05) is 33.2 Å². The van der Waals surface area contributed by atoms with Crippen LogP contribution in [-0.4, -0.2) is 89.8 Å². The molecule has 0 aliphatic carbocycles. The van der Waals surface area contributed by atoms with Crippen LogP contribution in [0.2, 0.25) is 0 Å². The van der Waals surface area contributed by atoms with Crippen LogP contribution < -0.4 is 9.04 Å². The van der Waals surface area contributed by atoms with E-state index >= 15 is 0 Å². The van der Waals surface area contributed by atoms with Gasteiger partial charge in [0.15, 0.2) is 6.61 Å². The van der Waals surface area contributed by atoms with Crippen molar-refractivity contribution in [3.63, 3.8) is 0 Å². The molecule has 39 heavy (non-hydrogen) atoms. The van der Waals surface area contributed by atoms with Gasteiger partial charge >= 0.3 is 10.5 Å². The van der Waals surface area contributed by atoms with E-state index in [1.165, 1.54) is 10.6 Å². The highest BCUT2D eigenvalue weighted by Crippen LogP contribution is 2.39. The first-order valence-electron chi connectivity index (χ1n) is 12.6. The van der Waals surface area contributed by atoms with E-state index in [0.29, 0.717) is 31.1 Å². The Hall–Kier alpha value is -3.00. The number of fused-ring (bicyclic) bond motifs is 1. The second kappa shape index (κ2) is 13.4. The first-order valence-corrected chi connectivity index (χ1v) is 15.5. The molecular weight excluding hydrogens is 544 g/mol. The molecule has 0 saturated carbocycles. The maximum atomic E-state index is 13.3. The molecule has 1 unspecified atom stereocenters. The number of sulfonamides is 1. The summed E-state index contributed by atoms with van der Waals surface area (Å²) in [5.74, 6) is 0.214. The summed E-state index contributed by atoms with van der Waals surface area (Å²) in [5.41, 5.74) is 3.54. The van der Waals surface area contributed by atoms with Crippen molar-refractivity contribution in [1.82, 2.24) is 9.80 Å². The monoisotopic (exact) mass is 580 g/mol. The number of carbonyl (C=O) groups excluding carboxylic acids is 1. The molecule has 13 heteroatoms. The van der Waals surface area contributed by atoms with Crippen molar-refractivity contribution >= 4 is 32.1 Å². The number of aliphatic hydroxyl groups excluding tert-OH is 1. The maximum absolute atomic E-state index is 13.3. The van der Waals surface area contributed by atoms with E-state index in [2.05, 4.69) is 4.90 Å². The lowest BCUT2D eigenvalue weighted by atomic mass is 9.98. The summed E-state index contributed by atoms with van der Waals surface area (Å²) >= 11 is 0. The Morgan fingerprint density at radius 3 is 2.46 bits per heavy atom. The number of carbonyl (C=O) groups is 1. The fourth-order valence-corrected chi connectivity index (χ4v) is 6.02. The fraction of sp³-hybridized carbons (Fsp3) is 0.500. The average Bonchev–Trinajstić information content (AvgIpc) is 3.30. The minimum Gasteiger partial charge on any atom is -0.482 e. The third-order valence-corrected chi connectivity index (χ3v) is 8.16. The second-order valence-electron chi connectivity index (χ2n) is 9.80. The van der Waals surface area contributed by atoms with Gasteiger partial charge in [-0.25, -0.2) is 8.42 Å². The minimum atomic E-state index is -3.47. The summed E-state index contributed by atoms with van der Waals surface area (Å²) in [4.78, 5) is 17.1. The van der Waals surface area contributed by atoms with E-state index in [1.54, 1.807) is 18.0 Å². The molecule has 11 nitrogen and oxygen atoms in total. The zero-order valence-electron chi connectivity index (χ0n) is 22.4. The van der Waals surface area contributed by atoms with Gasteiger partial charge < -0.3 is 14.7 Å². The molecule has 1 saturated heterocycles. The molecule has 0 radical (unpaired) electrons. The molecule has 2 aliphatic heterocycles. The smallest absolute Gasteiger partial charge is 0.308 e. The van der Waals surface area contributed by atoms with Crippen LogP contribution >= 0.6 is 0 Å². The number of likely N-dealkylation sites (tertiary alicyclic amines) is 1. The summed E-state index contributed by atoms with van der Waals surface area (Å²) in [6.07, 6.45) is 3.12. The van der Waals surface area contributed by atoms with Crippen LogP contribution in [0.4, 0.5) is 5.69 Å². The second-order valence-corrected chi connectivity index (χ2v) is 12.2. The average molecular weight is 581 g/mol. The summed E-state index contributed by atoms with van der Waals surface area (Å²) in [7, 11) is -4.31. The molecule has 2 N–H and O–H groups in total. The number of benzene rings is 2. The van der Waals surface area contributed by atoms with Crippen molar-refractivity contribution < 1.29 is 31.5 Å². The summed E-state index contributed by atoms with van der Waals surface area (Å²) < 4.78 is 55.2. The number of ether oxygens (including phenoxy) is 1. The van der Waals surface area contributed by atoms with E-state index in [1.807, 2.05) is 43.3 Å². The highest BCUT2D eigenvalue weighted by molar-refractivity contribution is 7.92. The predicted molar refractivity (Wildman–Crippen MR) is 148 cm³/mol. The Bertz CT molecular complexity index is 1360. The van der Waals surface area contributed by atoms with E-state index in [0.717, 1.165) is 42.5 Å². The Balaban J connectivity index is 0.000000983. The zero-order valence-corrected chi connectivity index (χ0v) is 24.0. The number of nitrogens with zero attached hydrogens (tertiary/aromatic N) is 3. The lowest BCUT2D eigenvalue weighted by Crippen LogP contribution is -2.41. The van der Waals surface area contributed by atoms with Gasteiger partial charge in [-0.3, -0.25) is 14.0 Å². The molecule has 2 aromatic carbocycles. The standard InChI is InChI=1S/C26H35N3O5S.HNO2S/c1-19-11-12-24(26-22(19)10-7-14-29(26)35(3,32)33)34-18-25(31)27(2)23(20-8-5-4-6-9-20)17-28-15-13-21(30)16-28;1-4(2)3/h4-6,8-9,11-12,21,23,30H,7,10,13-18H2,1-3H3;1H/t21-,23?;/m0./s1. The van der Waals surface area contributed by atoms with Crippen LogP contribution in [-0.2, 0) is 31.7 Å². The predicted octanol–water partition coefficient (Wildman–Crippen LogP) is 1.98. The maximum Gasteiger partial charge on any atom is 0.308 e. The number of anilines is 1.